The summed E-state index contributed by atoms with van der Waals surface area (Å²) >= 11 is 5.93. The molecule has 2 N–H and O–H groups in total. The van der Waals surface area contributed by atoms with Gasteiger partial charge in [0, 0.05) is 11.1 Å². The van der Waals surface area contributed by atoms with Gasteiger partial charge in [-0.25, -0.2) is 9.18 Å². The first-order valence-electron chi connectivity index (χ1n) is 6.47. The molecule has 7 nitrogen and oxygen atoms in total. The van der Waals surface area contributed by atoms with Gasteiger partial charge < -0.3 is 19.5 Å². The van der Waals surface area contributed by atoms with Gasteiger partial charge in [0.1, 0.15) is 11.6 Å². The van der Waals surface area contributed by atoms with Gasteiger partial charge in [0.05, 0.1) is 5.56 Å². The zero-order valence-electron chi connectivity index (χ0n) is 11.7. The highest BCUT2D eigenvalue weighted by Gasteiger charge is 2.19. The molecule has 0 bridgehead atoms. The van der Waals surface area contributed by atoms with E-state index in [9.17, 15) is 14.3 Å². The van der Waals surface area contributed by atoms with E-state index in [0.717, 1.165) is 12.1 Å². The minimum absolute atomic E-state index is 0.0121. The van der Waals surface area contributed by atoms with E-state index in [0.29, 0.717) is 5.02 Å². The molecule has 3 rings (SSSR count). The average molecular weight is 351 g/mol. The van der Waals surface area contributed by atoms with Crippen LogP contribution >= 0.6 is 11.6 Å². The molecule has 3 aromatic rings. The van der Waals surface area contributed by atoms with Crippen LogP contribution in [0.4, 0.5) is 4.39 Å². The fourth-order valence-corrected chi connectivity index (χ4v) is 2.05. The van der Waals surface area contributed by atoms with Crippen molar-refractivity contribution in [3.05, 3.63) is 53.1 Å². The topological polar surface area (TPSA) is 106 Å². The average Bonchev–Trinajstić information content (AvgIpc) is 3.01. The molecule has 0 unspecified atom stereocenters. The minimum atomic E-state index is -1.38. The molecule has 0 spiro atoms. The van der Waals surface area contributed by atoms with Crippen LogP contribution in [0.1, 0.15) is 10.7 Å². The van der Waals surface area contributed by atoms with Crippen molar-refractivity contribution in [2.75, 3.05) is 0 Å². The van der Waals surface area contributed by atoms with E-state index in [-0.39, 0.29) is 22.9 Å². The summed E-state index contributed by atoms with van der Waals surface area (Å²) in [5.41, 5.74) is 0.238. The molecule has 0 radical (unpaired) electrons. The Kier molecular flexibility index (Phi) is 4.05. The van der Waals surface area contributed by atoms with Gasteiger partial charge in [0.2, 0.25) is 5.82 Å². The second kappa shape index (κ2) is 6.17. The van der Waals surface area contributed by atoms with Crippen molar-refractivity contribution in [2.24, 2.45) is 0 Å². The van der Waals surface area contributed by atoms with E-state index < -0.39 is 23.4 Å². The van der Waals surface area contributed by atoms with Gasteiger partial charge >= 0.3 is 11.9 Å². The molecular formula is C15H8ClFN2O5. The number of aromatic nitrogens is 2. The summed E-state index contributed by atoms with van der Waals surface area (Å²) in [7, 11) is 0. The zero-order valence-corrected chi connectivity index (χ0v) is 12.5. The maximum Gasteiger partial charge on any atom is 0.394 e. The van der Waals surface area contributed by atoms with Crippen molar-refractivity contribution in [1.29, 1.82) is 0 Å². The standard InChI is InChI=1S/C15H8ClFN2O5/c16-7-1-3-11(23-12-4-2-8(17)6-10(12)20)9(5-7)13-18-14(15(21)22)24-19-13/h1-6,20H,(H,21,22). The third-order valence-corrected chi connectivity index (χ3v) is 3.17. The van der Waals surface area contributed by atoms with Crippen LogP contribution in [0.5, 0.6) is 17.2 Å². The molecule has 0 saturated carbocycles. The molecule has 0 fully saturated rings. The molecule has 1 heterocycles. The van der Waals surface area contributed by atoms with E-state index >= 15 is 0 Å². The summed E-state index contributed by atoms with van der Waals surface area (Å²) in [5.74, 6) is -2.92. The lowest BCUT2D eigenvalue weighted by atomic mass is 10.2. The van der Waals surface area contributed by atoms with Gasteiger partial charge in [-0.2, -0.15) is 4.98 Å². The van der Waals surface area contributed by atoms with Gasteiger partial charge in [-0.3, -0.25) is 0 Å². The summed E-state index contributed by atoms with van der Waals surface area (Å²) in [6, 6.07) is 7.66. The van der Waals surface area contributed by atoms with Crippen molar-refractivity contribution >= 4 is 17.6 Å². The van der Waals surface area contributed by atoms with Crippen molar-refractivity contribution in [2.45, 2.75) is 0 Å². The van der Waals surface area contributed by atoms with Crippen LogP contribution < -0.4 is 4.74 Å². The summed E-state index contributed by atoms with van der Waals surface area (Å²) in [4.78, 5) is 14.6. The van der Waals surface area contributed by atoms with E-state index in [1.807, 2.05) is 0 Å². The van der Waals surface area contributed by atoms with Gasteiger partial charge in [0.25, 0.3) is 0 Å². The first kappa shape index (κ1) is 15.8. The molecule has 9 heteroatoms. The number of carboxylic acid groups (broad SMARTS) is 1. The second-order valence-corrected chi connectivity index (χ2v) is 5.02. The molecule has 2 aromatic carbocycles. The number of carboxylic acids is 1. The Balaban J connectivity index is 2.03. The molecule has 0 amide bonds. The van der Waals surface area contributed by atoms with Crippen molar-refractivity contribution < 1.29 is 28.7 Å². The molecule has 1 aromatic heterocycles. The molecule has 122 valence electrons. The van der Waals surface area contributed by atoms with Gasteiger partial charge in [0.15, 0.2) is 11.5 Å². The van der Waals surface area contributed by atoms with Crippen LogP contribution in [0.25, 0.3) is 11.4 Å². The Morgan fingerprint density at radius 3 is 2.62 bits per heavy atom. The minimum Gasteiger partial charge on any atom is -0.504 e. The monoisotopic (exact) mass is 350 g/mol. The molecule has 0 aliphatic carbocycles. The molecule has 0 aliphatic heterocycles. The number of ether oxygens (including phenoxy) is 1. The molecule has 24 heavy (non-hydrogen) atoms. The molecule has 0 atom stereocenters. The van der Waals surface area contributed by atoms with Crippen molar-refractivity contribution in [3.8, 4) is 28.6 Å². The van der Waals surface area contributed by atoms with E-state index in [1.54, 1.807) is 0 Å². The normalized spacial score (nSPS) is 10.6. The van der Waals surface area contributed by atoms with Gasteiger partial charge in [-0.05, 0) is 30.3 Å². The Bertz CT molecular complexity index is 928. The summed E-state index contributed by atoms with van der Waals surface area (Å²) in [5, 5.41) is 22.5. The molecule has 0 saturated heterocycles. The fraction of sp³-hybridized carbons (Fsp3) is 0. The summed E-state index contributed by atoms with van der Waals surface area (Å²) in [6.45, 7) is 0. The quantitative estimate of drug-likeness (QED) is 0.738. The highest BCUT2D eigenvalue weighted by Crippen LogP contribution is 2.37. The number of rotatable bonds is 4. The predicted molar refractivity (Wildman–Crippen MR) is 79.8 cm³/mol. The summed E-state index contributed by atoms with van der Waals surface area (Å²) in [6.07, 6.45) is 0. The van der Waals surface area contributed by atoms with Crippen LogP contribution in [0.15, 0.2) is 40.9 Å². The van der Waals surface area contributed by atoms with E-state index in [2.05, 4.69) is 14.7 Å². The lowest BCUT2D eigenvalue weighted by Gasteiger charge is -2.10. The zero-order chi connectivity index (χ0) is 17.3. The highest BCUT2D eigenvalue weighted by molar-refractivity contribution is 6.30. The Morgan fingerprint density at radius 1 is 1.21 bits per heavy atom. The summed E-state index contributed by atoms with van der Waals surface area (Å²) < 4.78 is 23.2. The van der Waals surface area contributed by atoms with E-state index in [4.69, 9.17) is 21.4 Å². The maximum absolute atomic E-state index is 13.0. The Labute approximate surface area is 138 Å². The van der Waals surface area contributed by atoms with Gasteiger partial charge in [-0.15, -0.1) is 0 Å². The smallest absolute Gasteiger partial charge is 0.394 e. The number of carbonyl (C=O) groups is 1. The van der Waals surface area contributed by atoms with Crippen molar-refractivity contribution in [1.82, 2.24) is 10.1 Å². The SMILES string of the molecule is O=C(O)c1nc(-c2cc(Cl)ccc2Oc2ccc(F)cc2O)no1. The number of phenols is 1. The number of phenolic OH excluding ortho intramolecular Hbond substituents is 1. The van der Waals surface area contributed by atoms with Gasteiger partial charge in [-0.1, -0.05) is 16.8 Å². The Hall–Kier alpha value is -3.13. The number of nitrogens with zero attached hydrogens (tertiary/aromatic N) is 2. The lowest BCUT2D eigenvalue weighted by Crippen LogP contribution is -1.96. The molecular weight excluding hydrogens is 343 g/mol. The maximum atomic E-state index is 13.0. The predicted octanol–water partition coefficient (Wildman–Crippen LogP) is 3.73. The number of halogens is 2. The first-order chi connectivity index (χ1) is 11.4. The fourth-order valence-electron chi connectivity index (χ4n) is 1.88. The third-order valence-electron chi connectivity index (χ3n) is 2.93. The number of hydrogen-bond donors (Lipinski definition) is 2. The van der Waals surface area contributed by atoms with Crippen LogP contribution in [-0.4, -0.2) is 26.3 Å². The lowest BCUT2D eigenvalue weighted by molar-refractivity contribution is 0.0643. The second-order valence-electron chi connectivity index (χ2n) is 4.58. The Morgan fingerprint density at radius 2 is 1.96 bits per heavy atom. The largest absolute Gasteiger partial charge is 0.504 e. The van der Waals surface area contributed by atoms with Crippen LogP contribution in [0, 0.1) is 5.82 Å². The first-order valence-corrected chi connectivity index (χ1v) is 6.85. The third kappa shape index (κ3) is 3.13. The van der Waals surface area contributed by atoms with Crippen molar-refractivity contribution in [3.63, 3.8) is 0 Å². The van der Waals surface area contributed by atoms with Crippen LogP contribution in [0.2, 0.25) is 5.02 Å². The van der Waals surface area contributed by atoms with E-state index in [1.165, 1.54) is 24.3 Å². The number of aromatic hydroxyl groups is 1. The van der Waals surface area contributed by atoms with Crippen LogP contribution in [0.3, 0.4) is 0 Å². The number of hydrogen-bond acceptors (Lipinski definition) is 6. The number of aromatic carboxylic acids is 1. The van der Waals surface area contributed by atoms with Crippen LogP contribution in [-0.2, 0) is 0 Å². The number of benzene rings is 2. The molecule has 0 aliphatic rings. The highest BCUT2D eigenvalue weighted by atomic mass is 35.5.